The van der Waals surface area contributed by atoms with Crippen molar-refractivity contribution in [3.05, 3.63) is 182 Å². The fourth-order valence-corrected chi connectivity index (χ4v) is 8.26. The summed E-state index contributed by atoms with van der Waals surface area (Å²) in [5, 5.41) is 6.49. The number of aromatic nitrogens is 2. The second kappa shape index (κ2) is 12.4. The molecule has 0 atom stereocenters. The first-order valence-corrected chi connectivity index (χ1v) is 19.0. The van der Waals surface area contributed by atoms with Crippen LogP contribution in [0.4, 0.5) is 0 Å². The van der Waals surface area contributed by atoms with Crippen molar-refractivity contribution in [2.24, 2.45) is 0 Å². The summed E-state index contributed by atoms with van der Waals surface area (Å²) in [5.41, 5.74) is 14.1. The number of benzene rings is 8. The van der Waals surface area contributed by atoms with Crippen molar-refractivity contribution in [3.8, 4) is 56.2 Å². The van der Waals surface area contributed by atoms with Crippen LogP contribution in [0.3, 0.4) is 0 Å². The topological polar surface area (TPSA) is 65.2 Å². The summed E-state index contributed by atoms with van der Waals surface area (Å²) in [5.74, 6) is 0.657. The van der Waals surface area contributed by atoms with Crippen molar-refractivity contribution in [1.29, 1.82) is 0 Å². The van der Waals surface area contributed by atoms with Gasteiger partial charge in [-0.1, -0.05) is 97.1 Å². The molecule has 0 N–H and O–H groups in total. The molecule has 5 heteroatoms. The Morgan fingerprint density at radius 2 is 0.632 bits per heavy atom. The zero-order valence-electron chi connectivity index (χ0n) is 30.4. The Labute approximate surface area is 326 Å². The van der Waals surface area contributed by atoms with Crippen LogP contribution in [-0.2, 0) is 0 Å². The van der Waals surface area contributed by atoms with E-state index in [1.165, 1.54) is 0 Å². The van der Waals surface area contributed by atoms with E-state index in [2.05, 4.69) is 115 Å². The number of hydrogen-bond acceptors (Lipinski definition) is 5. The number of nitrogens with zero attached hydrogens (tertiary/aromatic N) is 2. The third-order valence-electron chi connectivity index (χ3n) is 11.1. The van der Waals surface area contributed by atoms with Crippen LogP contribution in [0.1, 0.15) is 0 Å². The van der Waals surface area contributed by atoms with Crippen molar-refractivity contribution >= 4 is 65.8 Å². The molecule has 0 unspecified atom stereocenters. The molecule has 8 aromatic carbocycles. The van der Waals surface area contributed by atoms with Crippen LogP contribution in [0.5, 0.6) is 0 Å². The lowest BCUT2D eigenvalue weighted by atomic mass is 9.93. The van der Waals surface area contributed by atoms with E-state index < -0.39 is 0 Å². The molecule has 12 rings (SSSR count). The van der Waals surface area contributed by atoms with Gasteiger partial charge in [-0.05, 0) is 107 Å². The van der Waals surface area contributed by atoms with Crippen LogP contribution in [0.2, 0.25) is 0 Å². The van der Waals surface area contributed by atoms with Gasteiger partial charge >= 0.3 is 0 Å². The third kappa shape index (κ3) is 5.24. The highest BCUT2D eigenvalue weighted by Crippen LogP contribution is 2.40. The second-order valence-corrected chi connectivity index (χ2v) is 14.6. The summed E-state index contributed by atoms with van der Waals surface area (Å²) in [7, 11) is 0. The zero-order chi connectivity index (χ0) is 37.5. The molecule has 0 bridgehead atoms. The molecule has 0 fully saturated rings. The highest BCUT2D eigenvalue weighted by Gasteiger charge is 2.17. The Balaban J connectivity index is 1.09. The lowest BCUT2D eigenvalue weighted by molar-refractivity contribution is 0.668. The van der Waals surface area contributed by atoms with E-state index >= 15 is 0 Å². The molecule has 57 heavy (non-hydrogen) atoms. The molecule has 5 nitrogen and oxygen atoms in total. The summed E-state index contributed by atoms with van der Waals surface area (Å²) >= 11 is 0. The number of rotatable bonds is 5. The molecular formula is C52H30N2O3. The summed E-state index contributed by atoms with van der Waals surface area (Å²) in [6.07, 6.45) is 0. The summed E-state index contributed by atoms with van der Waals surface area (Å²) in [6, 6.07) is 62.9. The van der Waals surface area contributed by atoms with E-state index in [1.54, 1.807) is 0 Å². The predicted octanol–water partition coefficient (Wildman–Crippen LogP) is 14.5. The predicted molar refractivity (Wildman–Crippen MR) is 231 cm³/mol. The Morgan fingerprint density at radius 3 is 1.14 bits per heavy atom. The molecule has 0 aliphatic carbocycles. The standard InChI is InChI=1S/C52H30N2O3/c1-2-10-31(11-3-1)52-53-44(34-20-23-51-43(29-34)40-14-6-9-17-48(40)57-51)30-45(54-52)37-25-35(32-18-21-49-41(27-32)38-12-4-7-15-46(38)55-49)24-36(26-37)33-19-22-50-42(28-33)39-13-5-8-16-47(39)56-50/h1-30H. The molecule has 4 aromatic heterocycles. The Hall–Kier alpha value is -7.76. The highest BCUT2D eigenvalue weighted by molar-refractivity contribution is 6.08. The molecule has 0 radical (unpaired) electrons. The normalized spacial score (nSPS) is 11.9. The monoisotopic (exact) mass is 730 g/mol. The lowest BCUT2D eigenvalue weighted by Crippen LogP contribution is -1.96. The molecular weight excluding hydrogens is 701 g/mol. The van der Waals surface area contributed by atoms with Gasteiger partial charge in [0, 0.05) is 49.0 Å². The van der Waals surface area contributed by atoms with Crippen LogP contribution >= 0.6 is 0 Å². The Bertz CT molecular complexity index is 3400. The first-order chi connectivity index (χ1) is 28.2. The Kier molecular flexibility index (Phi) is 6.86. The molecule has 0 aliphatic rings. The van der Waals surface area contributed by atoms with Gasteiger partial charge in [0.2, 0.25) is 0 Å². The van der Waals surface area contributed by atoms with Gasteiger partial charge in [0.1, 0.15) is 33.5 Å². The second-order valence-electron chi connectivity index (χ2n) is 14.6. The van der Waals surface area contributed by atoms with Crippen LogP contribution in [0, 0.1) is 0 Å². The van der Waals surface area contributed by atoms with Gasteiger partial charge in [0.15, 0.2) is 5.82 Å². The summed E-state index contributed by atoms with van der Waals surface area (Å²) < 4.78 is 18.6. The van der Waals surface area contributed by atoms with E-state index in [0.717, 1.165) is 116 Å². The minimum absolute atomic E-state index is 0.657. The van der Waals surface area contributed by atoms with E-state index in [0.29, 0.717) is 5.82 Å². The van der Waals surface area contributed by atoms with E-state index in [4.69, 9.17) is 23.2 Å². The Morgan fingerprint density at radius 1 is 0.246 bits per heavy atom. The van der Waals surface area contributed by atoms with E-state index in [-0.39, 0.29) is 0 Å². The molecule has 0 saturated carbocycles. The average Bonchev–Trinajstić information content (AvgIpc) is 3.97. The smallest absolute Gasteiger partial charge is 0.160 e. The lowest BCUT2D eigenvalue weighted by Gasteiger charge is -2.13. The number of furan rings is 3. The van der Waals surface area contributed by atoms with Crippen molar-refractivity contribution in [2.45, 2.75) is 0 Å². The van der Waals surface area contributed by atoms with Gasteiger partial charge in [-0.15, -0.1) is 0 Å². The van der Waals surface area contributed by atoms with Gasteiger partial charge in [-0.3, -0.25) is 0 Å². The van der Waals surface area contributed by atoms with Crippen LogP contribution < -0.4 is 0 Å². The first kappa shape index (κ1) is 31.6. The third-order valence-corrected chi connectivity index (χ3v) is 11.1. The van der Waals surface area contributed by atoms with Crippen LogP contribution in [0.25, 0.3) is 122 Å². The largest absolute Gasteiger partial charge is 0.456 e. The molecule has 0 saturated heterocycles. The molecule has 4 heterocycles. The average molecular weight is 731 g/mol. The summed E-state index contributed by atoms with van der Waals surface area (Å²) in [4.78, 5) is 10.5. The number of para-hydroxylation sites is 3. The maximum absolute atomic E-state index is 6.22. The van der Waals surface area contributed by atoms with Gasteiger partial charge in [-0.25, -0.2) is 9.97 Å². The van der Waals surface area contributed by atoms with Gasteiger partial charge in [-0.2, -0.15) is 0 Å². The van der Waals surface area contributed by atoms with Gasteiger partial charge < -0.3 is 13.3 Å². The SMILES string of the molecule is c1ccc(-c2nc(-c3cc(-c4ccc5oc6ccccc6c5c4)cc(-c4ccc5oc6ccccc6c5c4)c3)cc(-c3ccc4oc5ccccc5c4c3)n2)cc1. The van der Waals surface area contributed by atoms with Gasteiger partial charge in [0.25, 0.3) is 0 Å². The van der Waals surface area contributed by atoms with Crippen molar-refractivity contribution in [2.75, 3.05) is 0 Å². The molecule has 0 spiro atoms. The van der Waals surface area contributed by atoms with Gasteiger partial charge in [0.05, 0.1) is 11.4 Å². The molecule has 266 valence electrons. The first-order valence-electron chi connectivity index (χ1n) is 19.0. The molecule has 0 amide bonds. The number of hydrogen-bond donors (Lipinski definition) is 0. The van der Waals surface area contributed by atoms with E-state index in [1.807, 2.05) is 66.7 Å². The van der Waals surface area contributed by atoms with E-state index in [9.17, 15) is 0 Å². The maximum atomic E-state index is 6.22. The quantitative estimate of drug-likeness (QED) is 0.176. The molecule has 0 aliphatic heterocycles. The van der Waals surface area contributed by atoms with Crippen molar-refractivity contribution in [3.63, 3.8) is 0 Å². The highest BCUT2D eigenvalue weighted by atomic mass is 16.3. The fraction of sp³-hybridized carbons (Fsp3) is 0. The zero-order valence-corrected chi connectivity index (χ0v) is 30.4. The van der Waals surface area contributed by atoms with Crippen molar-refractivity contribution < 1.29 is 13.3 Å². The maximum Gasteiger partial charge on any atom is 0.160 e. The molecule has 12 aromatic rings. The van der Waals surface area contributed by atoms with Crippen LogP contribution in [-0.4, -0.2) is 9.97 Å². The minimum Gasteiger partial charge on any atom is -0.456 e. The summed E-state index contributed by atoms with van der Waals surface area (Å²) in [6.45, 7) is 0. The minimum atomic E-state index is 0.657. The number of fused-ring (bicyclic) bond motifs is 9. The van der Waals surface area contributed by atoms with Crippen molar-refractivity contribution in [1.82, 2.24) is 9.97 Å². The van der Waals surface area contributed by atoms with Crippen LogP contribution in [0.15, 0.2) is 195 Å². The fourth-order valence-electron chi connectivity index (χ4n) is 8.26.